The summed E-state index contributed by atoms with van der Waals surface area (Å²) in [5, 5.41) is 0. The van der Waals surface area contributed by atoms with Crippen molar-refractivity contribution in [3.8, 4) is 5.75 Å². The SMILES string of the molecule is COCCOCCOc1c(N)cccc1F. The van der Waals surface area contributed by atoms with Crippen LogP contribution in [0.15, 0.2) is 18.2 Å². The van der Waals surface area contributed by atoms with E-state index in [1.807, 2.05) is 0 Å². The van der Waals surface area contributed by atoms with Gasteiger partial charge in [-0.1, -0.05) is 6.07 Å². The first kappa shape index (κ1) is 12.7. The van der Waals surface area contributed by atoms with Crippen LogP contribution in [0.1, 0.15) is 0 Å². The number of nitrogen functional groups attached to an aromatic ring is 1. The monoisotopic (exact) mass is 229 g/mol. The first-order valence-electron chi connectivity index (χ1n) is 4.99. The number of rotatable bonds is 7. The van der Waals surface area contributed by atoms with E-state index in [-0.39, 0.29) is 18.0 Å². The highest BCUT2D eigenvalue weighted by molar-refractivity contribution is 5.52. The number of hydrogen-bond donors (Lipinski definition) is 1. The Hall–Kier alpha value is -1.33. The van der Waals surface area contributed by atoms with E-state index < -0.39 is 5.82 Å². The summed E-state index contributed by atoms with van der Waals surface area (Å²) in [5.74, 6) is -0.380. The number of anilines is 1. The summed E-state index contributed by atoms with van der Waals surface area (Å²) in [6.45, 7) is 1.65. The maximum atomic E-state index is 13.2. The van der Waals surface area contributed by atoms with Gasteiger partial charge in [0.2, 0.25) is 0 Å². The van der Waals surface area contributed by atoms with Crippen LogP contribution in [-0.2, 0) is 9.47 Å². The van der Waals surface area contributed by atoms with Crippen molar-refractivity contribution in [3.05, 3.63) is 24.0 Å². The van der Waals surface area contributed by atoms with Gasteiger partial charge in [0.25, 0.3) is 0 Å². The molecular formula is C11H16FNO3. The average Bonchev–Trinajstić information content (AvgIpc) is 2.26. The molecule has 90 valence electrons. The fourth-order valence-corrected chi connectivity index (χ4v) is 1.12. The molecule has 0 bridgehead atoms. The molecule has 0 atom stereocenters. The zero-order chi connectivity index (χ0) is 11.8. The molecule has 0 aliphatic carbocycles. The molecule has 0 aliphatic heterocycles. The summed E-state index contributed by atoms with van der Waals surface area (Å²) in [5.41, 5.74) is 5.85. The van der Waals surface area contributed by atoms with Crippen LogP contribution in [0.25, 0.3) is 0 Å². The van der Waals surface area contributed by atoms with Gasteiger partial charge < -0.3 is 19.9 Å². The van der Waals surface area contributed by atoms with E-state index in [1.54, 1.807) is 13.2 Å². The Morgan fingerprint density at radius 2 is 1.94 bits per heavy atom. The Balaban J connectivity index is 2.26. The number of halogens is 1. The van der Waals surface area contributed by atoms with Crippen molar-refractivity contribution in [3.63, 3.8) is 0 Å². The Kier molecular flexibility index (Phi) is 5.60. The standard InChI is InChI=1S/C11H16FNO3/c1-14-5-6-15-7-8-16-11-9(12)3-2-4-10(11)13/h2-4H,5-8,13H2,1H3. The highest BCUT2D eigenvalue weighted by atomic mass is 19.1. The van der Waals surface area contributed by atoms with Crippen LogP contribution in [0.2, 0.25) is 0 Å². The zero-order valence-corrected chi connectivity index (χ0v) is 9.24. The van der Waals surface area contributed by atoms with Gasteiger partial charge in [-0.05, 0) is 12.1 Å². The van der Waals surface area contributed by atoms with Crippen LogP contribution in [0.5, 0.6) is 5.75 Å². The van der Waals surface area contributed by atoms with Crippen LogP contribution >= 0.6 is 0 Å². The van der Waals surface area contributed by atoms with Crippen LogP contribution in [-0.4, -0.2) is 33.5 Å². The van der Waals surface area contributed by atoms with Crippen molar-refractivity contribution >= 4 is 5.69 Å². The smallest absolute Gasteiger partial charge is 0.177 e. The van der Waals surface area contributed by atoms with Crippen molar-refractivity contribution in [2.45, 2.75) is 0 Å². The summed E-state index contributed by atoms with van der Waals surface area (Å²) < 4.78 is 28.4. The first-order chi connectivity index (χ1) is 7.75. The van der Waals surface area contributed by atoms with Gasteiger partial charge in [0.1, 0.15) is 6.61 Å². The van der Waals surface area contributed by atoms with Crippen LogP contribution in [0.3, 0.4) is 0 Å². The van der Waals surface area contributed by atoms with Gasteiger partial charge in [-0.3, -0.25) is 0 Å². The lowest BCUT2D eigenvalue weighted by atomic mass is 10.3. The molecule has 1 aromatic carbocycles. The van der Waals surface area contributed by atoms with Gasteiger partial charge in [-0.2, -0.15) is 0 Å². The Morgan fingerprint density at radius 1 is 1.19 bits per heavy atom. The van der Waals surface area contributed by atoms with Gasteiger partial charge in [0, 0.05) is 7.11 Å². The lowest BCUT2D eigenvalue weighted by Crippen LogP contribution is -2.11. The summed E-state index contributed by atoms with van der Waals surface area (Å²) in [6, 6.07) is 4.42. The summed E-state index contributed by atoms with van der Waals surface area (Å²) in [4.78, 5) is 0. The molecule has 1 rings (SSSR count). The first-order valence-corrected chi connectivity index (χ1v) is 4.99. The zero-order valence-electron chi connectivity index (χ0n) is 9.24. The quantitative estimate of drug-likeness (QED) is 0.568. The third-order valence-electron chi connectivity index (χ3n) is 1.90. The molecule has 0 saturated heterocycles. The second kappa shape index (κ2) is 7.03. The summed E-state index contributed by atoms with van der Waals surface area (Å²) in [7, 11) is 1.60. The van der Waals surface area contributed by atoms with E-state index in [4.69, 9.17) is 19.9 Å². The van der Waals surface area contributed by atoms with Crippen molar-refractivity contribution in [1.29, 1.82) is 0 Å². The predicted molar refractivity (Wildman–Crippen MR) is 59.0 cm³/mol. The van der Waals surface area contributed by atoms with Gasteiger partial charge in [-0.25, -0.2) is 4.39 Å². The second-order valence-electron chi connectivity index (χ2n) is 3.11. The molecule has 0 amide bonds. The maximum Gasteiger partial charge on any atom is 0.177 e. The maximum absolute atomic E-state index is 13.2. The topological polar surface area (TPSA) is 53.7 Å². The fourth-order valence-electron chi connectivity index (χ4n) is 1.12. The number of benzene rings is 1. The molecule has 0 fully saturated rings. The molecule has 0 spiro atoms. The van der Waals surface area contributed by atoms with E-state index in [0.29, 0.717) is 19.8 Å². The molecule has 0 radical (unpaired) electrons. The van der Waals surface area contributed by atoms with Gasteiger partial charge >= 0.3 is 0 Å². The molecule has 2 N–H and O–H groups in total. The molecule has 0 saturated carbocycles. The molecule has 0 unspecified atom stereocenters. The number of hydrogen-bond acceptors (Lipinski definition) is 4. The molecule has 0 aromatic heterocycles. The summed E-state index contributed by atoms with van der Waals surface area (Å²) >= 11 is 0. The highest BCUT2D eigenvalue weighted by Gasteiger charge is 2.06. The van der Waals surface area contributed by atoms with Crippen LogP contribution in [0, 0.1) is 5.82 Å². The largest absolute Gasteiger partial charge is 0.486 e. The molecule has 0 heterocycles. The summed E-state index contributed by atoms with van der Waals surface area (Å²) in [6.07, 6.45) is 0. The van der Waals surface area contributed by atoms with E-state index in [9.17, 15) is 4.39 Å². The second-order valence-corrected chi connectivity index (χ2v) is 3.11. The molecule has 1 aromatic rings. The Morgan fingerprint density at radius 3 is 2.62 bits per heavy atom. The van der Waals surface area contributed by atoms with Gasteiger partial charge in [-0.15, -0.1) is 0 Å². The molecular weight excluding hydrogens is 213 g/mol. The highest BCUT2D eigenvalue weighted by Crippen LogP contribution is 2.24. The van der Waals surface area contributed by atoms with Crippen molar-refractivity contribution in [2.24, 2.45) is 0 Å². The average molecular weight is 229 g/mol. The van der Waals surface area contributed by atoms with Crippen LogP contribution < -0.4 is 10.5 Å². The van der Waals surface area contributed by atoms with Crippen molar-refractivity contribution in [1.82, 2.24) is 0 Å². The lowest BCUT2D eigenvalue weighted by Gasteiger charge is -2.09. The molecule has 5 heteroatoms. The number of para-hydroxylation sites is 1. The number of ether oxygens (including phenoxy) is 3. The van der Waals surface area contributed by atoms with E-state index in [0.717, 1.165) is 0 Å². The Bertz CT molecular complexity index is 300. The lowest BCUT2D eigenvalue weighted by molar-refractivity contribution is 0.0539. The normalized spacial score (nSPS) is 10.4. The van der Waals surface area contributed by atoms with Crippen LogP contribution in [0.4, 0.5) is 10.1 Å². The Labute approximate surface area is 94.1 Å². The molecule has 16 heavy (non-hydrogen) atoms. The molecule has 4 nitrogen and oxygen atoms in total. The predicted octanol–water partition coefficient (Wildman–Crippen LogP) is 1.45. The number of methoxy groups -OCH3 is 1. The van der Waals surface area contributed by atoms with E-state index >= 15 is 0 Å². The minimum Gasteiger partial charge on any atom is -0.486 e. The van der Waals surface area contributed by atoms with Gasteiger partial charge in [0.05, 0.1) is 25.5 Å². The minimum absolute atomic E-state index is 0.0813. The number of nitrogens with two attached hydrogens (primary N) is 1. The van der Waals surface area contributed by atoms with E-state index in [1.165, 1.54) is 12.1 Å². The van der Waals surface area contributed by atoms with Crippen molar-refractivity contribution < 1.29 is 18.6 Å². The van der Waals surface area contributed by atoms with E-state index in [2.05, 4.69) is 0 Å². The minimum atomic E-state index is -0.461. The molecule has 0 aliphatic rings. The van der Waals surface area contributed by atoms with Crippen molar-refractivity contribution in [2.75, 3.05) is 39.3 Å². The fraction of sp³-hybridized carbons (Fsp3) is 0.455. The van der Waals surface area contributed by atoms with Gasteiger partial charge in [0.15, 0.2) is 11.6 Å². The third kappa shape index (κ3) is 4.04. The third-order valence-corrected chi connectivity index (χ3v) is 1.90.